The van der Waals surface area contributed by atoms with Gasteiger partial charge in [-0.05, 0) is 72.8 Å². The van der Waals surface area contributed by atoms with E-state index in [4.69, 9.17) is 4.74 Å². The maximum atomic E-state index is 14.8. The fourth-order valence-corrected chi connectivity index (χ4v) is 3.33. The second-order valence-electron chi connectivity index (χ2n) is 7.20. The topological polar surface area (TPSA) is 80.2 Å². The normalized spacial score (nSPS) is 10.8. The highest BCUT2D eigenvalue weighted by atomic mass is 19.1. The maximum Gasteiger partial charge on any atom is 0.166 e. The predicted molar refractivity (Wildman–Crippen MR) is 121 cm³/mol. The molecule has 0 aliphatic heterocycles. The fourth-order valence-electron chi connectivity index (χ4n) is 3.33. The van der Waals surface area contributed by atoms with Crippen molar-refractivity contribution in [3.8, 4) is 28.5 Å². The maximum absolute atomic E-state index is 14.8. The van der Waals surface area contributed by atoms with Crippen molar-refractivity contribution < 1.29 is 18.6 Å². The molecule has 5 aromatic rings. The van der Waals surface area contributed by atoms with E-state index in [0.717, 1.165) is 0 Å². The van der Waals surface area contributed by atoms with Crippen molar-refractivity contribution in [3.63, 3.8) is 0 Å². The van der Waals surface area contributed by atoms with Crippen LogP contribution in [0.15, 0.2) is 85.1 Å². The Bertz CT molecular complexity index is 1460. The van der Waals surface area contributed by atoms with Crippen LogP contribution in [0.25, 0.3) is 22.2 Å². The first-order chi connectivity index (χ1) is 16.0. The molecule has 0 unspecified atom stereocenters. The number of ether oxygens (including phenoxy) is 1. The van der Waals surface area contributed by atoms with Crippen molar-refractivity contribution in [1.82, 2.24) is 15.2 Å². The van der Waals surface area contributed by atoms with Gasteiger partial charge >= 0.3 is 0 Å². The van der Waals surface area contributed by atoms with Gasteiger partial charge in [0.05, 0.1) is 11.2 Å². The van der Waals surface area contributed by atoms with Crippen LogP contribution in [0.1, 0.15) is 0 Å². The molecule has 0 spiro atoms. The van der Waals surface area contributed by atoms with Crippen LogP contribution in [0.4, 0.5) is 20.3 Å². The van der Waals surface area contributed by atoms with E-state index in [1.807, 2.05) is 0 Å². The number of halogens is 2. The minimum atomic E-state index is -0.582. The molecule has 0 radical (unpaired) electrons. The summed E-state index contributed by atoms with van der Waals surface area (Å²) < 4.78 is 33.9. The van der Waals surface area contributed by atoms with Crippen LogP contribution in [0.2, 0.25) is 0 Å². The lowest BCUT2D eigenvalue weighted by Gasteiger charge is -2.11. The monoisotopic (exact) mass is 442 g/mol. The van der Waals surface area contributed by atoms with Crippen molar-refractivity contribution in [2.75, 3.05) is 5.32 Å². The van der Waals surface area contributed by atoms with Gasteiger partial charge in [-0.25, -0.2) is 8.78 Å². The molecule has 0 saturated heterocycles. The van der Waals surface area contributed by atoms with Gasteiger partial charge in [-0.15, -0.1) is 10.2 Å². The summed E-state index contributed by atoms with van der Waals surface area (Å²) >= 11 is 0. The van der Waals surface area contributed by atoms with Gasteiger partial charge in [0.25, 0.3) is 0 Å². The Balaban J connectivity index is 1.36. The number of hydrogen-bond acceptors (Lipinski definition) is 6. The Morgan fingerprint density at radius 2 is 1.73 bits per heavy atom. The van der Waals surface area contributed by atoms with E-state index in [1.54, 1.807) is 48.7 Å². The lowest BCUT2D eigenvalue weighted by molar-refractivity contribution is 0.445. The van der Waals surface area contributed by atoms with Gasteiger partial charge in [-0.3, -0.25) is 4.98 Å². The minimum absolute atomic E-state index is 0.0203. The first-order valence-electron chi connectivity index (χ1n) is 9.97. The van der Waals surface area contributed by atoms with Crippen molar-refractivity contribution in [3.05, 3.63) is 96.7 Å². The van der Waals surface area contributed by atoms with Gasteiger partial charge in [0, 0.05) is 22.8 Å². The van der Waals surface area contributed by atoms with E-state index in [2.05, 4.69) is 20.5 Å². The Labute approximate surface area is 187 Å². The van der Waals surface area contributed by atoms with Gasteiger partial charge in [0.15, 0.2) is 17.4 Å². The Kier molecular flexibility index (Phi) is 5.24. The summed E-state index contributed by atoms with van der Waals surface area (Å²) in [7, 11) is 0. The number of nitrogens with zero attached hydrogens (tertiary/aromatic N) is 3. The Hall–Kier alpha value is -4.59. The number of phenolic OH excluding ortho intramolecular Hbond substituents is 1. The third-order valence-corrected chi connectivity index (χ3v) is 4.89. The first kappa shape index (κ1) is 20.3. The molecule has 0 amide bonds. The number of phenols is 1. The second-order valence-corrected chi connectivity index (χ2v) is 7.20. The molecule has 0 saturated carbocycles. The first-order valence-corrected chi connectivity index (χ1v) is 9.97. The zero-order valence-electron chi connectivity index (χ0n) is 17.0. The number of pyridine rings is 1. The van der Waals surface area contributed by atoms with E-state index < -0.39 is 5.82 Å². The molecule has 5 rings (SSSR count). The summed E-state index contributed by atoms with van der Waals surface area (Å²) in [5.41, 5.74) is 2.14. The van der Waals surface area contributed by atoms with Crippen molar-refractivity contribution in [1.29, 1.82) is 0 Å². The zero-order valence-corrected chi connectivity index (χ0v) is 17.0. The van der Waals surface area contributed by atoms with Crippen LogP contribution < -0.4 is 10.1 Å². The molecule has 33 heavy (non-hydrogen) atoms. The number of aromatic nitrogens is 3. The molecule has 2 heterocycles. The number of nitrogens with one attached hydrogen (secondary N) is 1. The standard InChI is InChI=1S/C25H16F2N4O2/c26-16-2-1-3-17(13-16)29-25-9-7-21(30-31-25)15-4-8-24(20(27)12-15)33-23-10-11-28-22-6-5-18(32)14-19(22)23/h1-14,32H,(H,29,31). The van der Waals surface area contributed by atoms with Gasteiger partial charge in [-0.1, -0.05) is 6.07 Å². The highest BCUT2D eigenvalue weighted by Gasteiger charge is 2.12. The highest BCUT2D eigenvalue weighted by Crippen LogP contribution is 2.33. The highest BCUT2D eigenvalue weighted by molar-refractivity contribution is 5.86. The number of aromatic hydroxyl groups is 1. The Morgan fingerprint density at radius 1 is 0.818 bits per heavy atom. The van der Waals surface area contributed by atoms with Crippen molar-refractivity contribution in [2.24, 2.45) is 0 Å². The van der Waals surface area contributed by atoms with E-state index in [1.165, 1.54) is 36.4 Å². The molecule has 0 bridgehead atoms. The summed E-state index contributed by atoms with van der Waals surface area (Å²) in [5.74, 6) is -0.0648. The fraction of sp³-hybridized carbons (Fsp3) is 0. The SMILES string of the molecule is Oc1ccc2nccc(Oc3ccc(-c4ccc(Nc5cccc(F)c5)nn4)cc3F)c2c1. The number of hydrogen-bond donors (Lipinski definition) is 2. The quantitative estimate of drug-likeness (QED) is 0.337. The van der Waals surface area contributed by atoms with Crippen molar-refractivity contribution in [2.45, 2.75) is 0 Å². The molecule has 0 fully saturated rings. The third kappa shape index (κ3) is 4.40. The van der Waals surface area contributed by atoms with E-state index in [9.17, 15) is 13.9 Å². The summed E-state index contributed by atoms with van der Waals surface area (Å²) in [6.45, 7) is 0. The molecule has 2 N–H and O–H groups in total. The van der Waals surface area contributed by atoms with Crippen LogP contribution in [-0.4, -0.2) is 20.3 Å². The Morgan fingerprint density at radius 3 is 2.52 bits per heavy atom. The average molecular weight is 442 g/mol. The lowest BCUT2D eigenvalue weighted by Crippen LogP contribution is -1.97. The van der Waals surface area contributed by atoms with Gasteiger partial charge in [0.1, 0.15) is 17.3 Å². The van der Waals surface area contributed by atoms with Crippen LogP contribution in [0, 0.1) is 11.6 Å². The number of rotatable bonds is 5. The largest absolute Gasteiger partial charge is 0.508 e. The number of fused-ring (bicyclic) bond motifs is 1. The number of benzene rings is 3. The van der Waals surface area contributed by atoms with Gasteiger partial charge < -0.3 is 15.2 Å². The molecule has 0 atom stereocenters. The van der Waals surface area contributed by atoms with Crippen LogP contribution in [0.5, 0.6) is 17.2 Å². The zero-order chi connectivity index (χ0) is 22.8. The van der Waals surface area contributed by atoms with E-state index in [-0.39, 0.29) is 17.3 Å². The van der Waals surface area contributed by atoms with Gasteiger partial charge in [0.2, 0.25) is 0 Å². The predicted octanol–water partition coefficient (Wildman–Crippen LogP) is 6.21. The molecular weight excluding hydrogens is 426 g/mol. The molecule has 0 aliphatic rings. The van der Waals surface area contributed by atoms with Crippen LogP contribution in [0.3, 0.4) is 0 Å². The summed E-state index contributed by atoms with van der Waals surface area (Å²) in [6.07, 6.45) is 1.55. The third-order valence-electron chi connectivity index (χ3n) is 4.89. The molecule has 2 aromatic heterocycles. The van der Waals surface area contributed by atoms with E-state index in [0.29, 0.717) is 39.4 Å². The van der Waals surface area contributed by atoms with Crippen LogP contribution in [-0.2, 0) is 0 Å². The molecule has 6 nitrogen and oxygen atoms in total. The molecular formula is C25H16F2N4O2. The molecule has 162 valence electrons. The summed E-state index contributed by atoms with van der Waals surface area (Å²) in [4.78, 5) is 4.21. The average Bonchev–Trinajstić information content (AvgIpc) is 2.81. The van der Waals surface area contributed by atoms with Crippen molar-refractivity contribution >= 4 is 22.4 Å². The lowest BCUT2D eigenvalue weighted by atomic mass is 10.1. The second kappa shape index (κ2) is 8.51. The van der Waals surface area contributed by atoms with Crippen LogP contribution >= 0.6 is 0 Å². The summed E-state index contributed by atoms with van der Waals surface area (Å²) in [6, 6.07) is 20.1. The van der Waals surface area contributed by atoms with E-state index >= 15 is 0 Å². The smallest absolute Gasteiger partial charge is 0.166 e. The van der Waals surface area contributed by atoms with Gasteiger partial charge in [-0.2, -0.15) is 0 Å². The summed E-state index contributed by atoms with van der Waals surface area (Å²) in [5, 5.41) is 21.5. The molecule has 8 heteroatoms. The minimum Gasteiger partial charge on any atom is -0.508 e. The number of anilines is 2. The molecule has 0 aliphatic carbocycles. The molecule has 3 aromatic carbocycles.